The summed E-state index contributed by atoms with van der Waals surface area (Å²) in [6, 6.07) is 20.2. The largest absolute Gasteiger partial charge is 0.507 e. The molecule has 0 bridgehead atoms. The lowest BCUT2D eigenvalue weighted by atomic mass is 9.95. The van der Waals surface area contributed by atoms with Gasteiger partial charge in [0.05, 0.1) is 18.2 Å². The Morgan fingerprint density at radius 1 is 1.00 bits per heavy atom. The van der Waals surface area contributed by atoms with Crippen molar-refractivity contribution >= 4 is 40.4 Å². The number of Topliss-reactive ketones (excluding diaryl/α,β-unsaturated/α-hetero) is 1. The van der Waals surface area contributed by atoms with Crippen molar-refractivity contribution in [1.29, 1.82) is 0 Å². The van der Waals surface area contributed by atoms with Crippen molar-refractivity contribution in [2.75, 3.05) is 35.8 Å². The van der Waals surface area contributed by atoms with Gasteiger partial charge in [-0.3, -0.25) is 19.3 Å². The highest BCUT2D eigenvalue weighted by Crippen LogP contribution is 2.43. The molecule has 4 rings (SSSR count). The van der Waals surface area contributed by atoms with E-state index in [0.717, 1.165) is 24.9 Å². The van der Waals surface area contributed by atoms with E-state index < -0.39 is 17.7 Å². The second-order valence-electron chi connectivity index (χ2n) is 9.97. The molecule has 0 aromatic heterocycles. The predicted molar refractivity (Wildman–Crippen MR) is 158 cm³/mol. The maximum Gasteiger partial charge on any atom is 0.300 e. The van der Waals surface area contributed by atoms with Gasteiger partial charge in [-0.15, -0.1) is 0 Å². The van der Waals surface area contributed by atoms with Crippen LogP contribution < -0.4 is 19.9 Å². The Bertz CT molecular complexity index is 1410. The van der Waals surface area contributed by atoms with Crippen LogP contribution in [0.25, 0.3) is 5.76 Å². The lowest BCUT2D eigenvalue weighted by molar-refractivity contribution is -0.132. The average Bonchev–Trinajstić information content (AvgIpc) is 3.21. The quantitative estimate of drug-likeness (QED) is 0.143. The molecule has 2 N–H and O–H groups in total. The molecule has 1 atom stereocenters. The number of hydrogen-bond donors (Lipinski definition) is 2. The Hall–Kier alpha value is -4.59. The number of aliphatic hydroxyl groups excluding tert-OH is 1. The van der Waals surface area contributed by atoms with Crippen molar-refractivity contribution in [2.24, 2.45) is 0 Å². The molecule has 1 unspecified atom stereocenters. The average molecular weight is 542 g/mol. The van der Waals surface area contributed by atoms with Gasteiger partial charge in [0.25, 0.3) is 11.7 Å². The molecular formula is C32H35N3O5. The van der Waals surface area contributed by atoms with Crippen LogP contribution in [0.15, 0.2) is 78.4 Å². The fourth-order valence-corrected chi connectivity index (χ4v) is 4.71. The minimum Gasteiger partial charge on any atom is -0.507 e. The van der Waals surface area contributed by atoms with Gasteiger partial charge < -0.3 is 20.1 Å². The third-order valence-corrected chi connectivity index (χ3v) is 6.76. The highest BCUT2D eigenvalue weighted by molar-refractivity contribution is 6.51. The summed E-state index contributed by atoms with van der Waals surface area (Å²) < 4.78 is 5.78. The number of rotatable bonds is 10. The highest BCUT2D eigenvalue weighted by Gasteiger charge is 2.47. The molecule has 0 aliphatic carbocycles. The fourth-order valence-electron chi connectivity index (χ4n) is 4.71. The molecule has 3 aromatic carbocycles. The minimum absolute atomic E-state index is 0.0100. The Balaban J connectivity index is 1.78. The zero-order chi connectivity index (χ0) is 28.8. The molecule has 0 saturated carbocycles. The lowest BCUT2D eigenvalue weighted by Gasteiger charge is -2.26. The van der Waals surface area contributed by atoms with Gasteiger partial charge in [0.1, 0.15) is 11.5 Å². The summed E-state index contributed by atoms with van der Waals surface area (Å²) in [5.74, 6) is -1.41. The Kier molecular flexibility index (Phi) is 8.89. The molecule has 8 heteroatoms. The normalized spacial score (nSPS) is 16.2. The molecule has 0 radical (unpaired) electrons. The Labute approximate surface area is 234 Å². The van der Waals surface area contributed by atoms with E-state index in [9.17, 15) is 19.5 Å². The van der Waals surface area contributed by atoms with E-state index in [2.05, 4.69) is 12.2 Å². The first kappa shape index (κ1) is 28.4. The van der Waals surface area contributed by atoms with Crippen LogP contribution >= 0.6 is 0 Å². The van der Waals surface area contributed by atoms with Crippen LogP contribution in [-0.2, 0) is 14.4 Å². The third kappa shape index (κ3) is 6.17. The molecular weight excluding hydrogens is 506 g/mol. The summed E-state index contributed by atoms with van der Waals surface area (Å²) in [6.45, 7) is 4.13. The number of ketones is 1. The molecule has 208 valence electrons. The number of carbonyl (C=O) groups excluding carboxylic acids is 3. The molecule has 1 heterocycles. The van der Waals surface area contributed by atoms with Crippen molar-refractivity contribution in [3.63, 3.8) is 0 Å². The number of ether oxygens (including phenoxy) is 1. The summed E-state index contributed by atoms with van der Waals surface area (Å²) in [5.41, 5.74) is 2.91. The SMILES string of the molecule is CCCCCOc1ccc(/C(O)=C2\C(=O)C(=O)N(c3cccc(NC(C)=O)c3)C2c2ccc(N(C)C)cc2)cc1. The number of carbonyl (C=O) groups is 3. The van der Waals surface area contributed by atoms with Crippen LogP contribution in [0.4, 0.5) is 17.1 Å². The topological polar surface area (TPSA) is 99.2 Å². The lowest BCUT2D eigenvalue weighted by Crippen LogP contribution is -2.29. The van der Waals surface area contributed by atoms with Crippen molar-refractivity contribution in [2.45, 2.75) is 39.2 Å². The van der Waals surface area contributed by atoms with Crippen LogP contribution in [0.3, 0.4) is 0 Å². The number of nitrogens with one attached hydrogen (secondary N) is 1. The smallest absolute Gasteiger partial charge is 0.300 e. The third-order valence-electron chi connectivity index (χ3n) is 6.76. The van der Waals surface area contributed by atoms with Gasteiger partial charge in [-0.25, -0.2) is 0 Å². The van der Waals surface area contributed by atoms with Gasteiger partial charge >= 0.3 is 0 Å². The molecule has 3 aromatic rings. The van der Waals surface area contributed by atoms with Gasteiger partial charge in [0.15, 0.2) is 0 Å². The number of unbranched alkanes of at least 4 members (excludes halogenated alkanes) is 2. The number of aliphatic hydroxyl groups is 1. The van der Waals surface area contributed by atoms with Crippen LogP contribution in [-0.4, -0.2) is 43.4 Å². The molecule has 1 aliphatic heterocycles. The molecule has 1 fully saturated rings. The zero-order valence-electron chi connectivity index (χ0n) is 23.3. The number of anilines is 3. The second kappa shape index (κ2) is 12.5. The van der Waals surface area contributed by atoms with Crippen molar-refractivity contribution in [1.82, 2.24) is 0 Å². The maximum absolute atomic E-state index is 13.5. The first-order chi connectivity index (χ1) is 19.2. The second-order valence-corrected chi connectivity index (χ2v) is 9.97. The number of amides is 2. The number of nitrogens with zero attached hydrogens (tertiary/aromatic N) is 2. The monoisotopic (exact) mass is 541 g/mol. The Morgan fingerprint density at radius 2 is 1.70 bits per heavy atom. The zero-order valence-corrected chi connectivity index (χ0v) is 23.3. The predicted octanol–water partition coefficient (Wildman–Crippen LogP) is 5.91. The molecule has 40 heavy (non-hydrogen) atoms. The van der Waals surface area contributed by atoms with E-state index >= 15 is 0 Å². The van der Waals surface area contributed by atoms with Crippen molar-refractivity contribution in [3.8, 4) is 5.75 Å². The van der Waals surface area contributed by atoms with Crippen molar-refractivity contribution in [3.05, 3.63) is 89.5 Å². The minimum atomic E-state index is -0.881. The van der Waals surface area contributed by atoms with Crippen molar-refractivity contribution < 1.29 is 24.2 Å². The molecule has 1 aliphatic rings. The molecule has 0 spiro atoms. The highest BCUT2D eigenvalue weighted by atomic mass is 16.5. The van der Waals surface area contributed by atoms with E-state index in [1.54, 1.807) is 48.5 Å². The first-order valence-corrected chi connectivity index (χ1v) is 13.4. The molecule has 2 amide bonds. The van der Waals surface area contributed by atoms with E-state index in [-0.39, 0.29) is 17.2 Å². The number of hydrogen-bond acceptors (Lipinski definition) is 6. The summed E-state index contributed by atoms with van der Waals surface area (Å²) in [5, 5.41) is 14.1. The molecule has 8 nitrogen and oxygen atoms in total. The standard InChI is InChI=1S/C32H35N3O5/c1-5-6-7-19-40-27-17-13-23(14-18-27)30(37)28-29(22-11-15-25(16-12-22)34(3)4)35(32(39)31(28)38)26-10-8-9-24(20-26)33-21(2)36/h8-18,20,29,37H,5-7,19H2,1-4H3,(H,33,36)/b30-28+. The summed E-state index contributed by atoms with van der Waals surface area (Å²) in [6.07, 6.45) is 3.14. The molecule has 1 saturated heterocycles. The van der Waals surface area contributed by atoms with E-state index in [4.69, 9.17) is 4.74 Å². The number of benzene rings is 3. The van der Waals surface area contributed by atoms with Gasteiger partial charge in [-0.05, 0) is 66.6 Å². The summed E-state index contributed by atoms with van der Waals surface area (Å²) >= 11 is 0. The fraction of sp³-hybridized carbons (Fsp3) is 0.281. The van der Waals surface area contributed by atoms with E-state index in [0.29, 0.717) is 34.9 Å². The summed E-state index contributed by atoms with van der Waals surface area (Å²) in [7, 11) is 3.84. The summed E-state index contributed by atoms with van der Waals surface area (Å²) in [4.78, 5) is 41.9. The van der Waals surface area contributed by atoms with Crippen LogP contribution in [0, 0.1) is 0 Å². The van der Waals surface area contributed by atoms with Crippen LogP contribution in [0.2, 0.25) is 0 Å². The first-order valence-electron chi connectivity index (χ1n) is 13.4. The van der Waals surface area contributed by atoms with Crippen LogP contribution in [0.5, 0.6) is 5.75 Å². The van der Waals surface area contributed by atoms with Gasteiger partial charge in [0, 0.05) is 43.6 Å². The Morgan fingerprint density at radius 3 is 2.33 bits per heavy atom. The van der Waals surface area contributed by atoms with Gasteiger partial charge in [-0.1, -0.05) is 38.0 Å². The maximum atomic E-state index is 13.5. The van der Waals surface area contributed by atoms with E-state index in [1.165, 1.54) is 11.8 Å². The van der Waals surface area contributed by atoms with E-state index in [1.807, 2.05) is 43.3 Å². The van der Waals surface area contributed by atoms with Gasteiger partial charge in [-0.2, -0.15) is 0 Å². The van der Waals surface area contributed by atoms with Crippen LogP contribution in [0.1, 0.15) is 50.3 Å². The van der Waals surface area contributed by atoms with Gasteiger partial charge in [0.2, 0.25) is 5.91 Å².